The Morgan fingerprint density at radius 2 is 1.93 bits per heavy atom. The van der Waals surface area contributed by atoms with Gasteiger partial charge in [0.05, 0.1) is 12.2 Å². The normalized spacial score (nSPS) is 21.2. The Balaban J connectivity index is 0.000000640. The number of nitrogens with zero attached hydrogens (tertiary/aromatic N) is 3. The van der Waals surface area contributed by atoms with Gasteiger partial charge in [-0.1, -0.05) is 0 Å². The molecule has 160 valence electrons. The van der Waals surface area contributed by atoms with Crippen LogP contribution >= 0.6 is 0 Å². The van der Waals surface area contributed by atoms with Crippen molar-refractivity contribution in [1.29, 1.82) is 0 Å². The Morgan fingerprint density at radius 1 is 1.32 bits per heavy atom. The SMILES string of the molecule is CC(C)O.C[C@@H]1Cc2nn3c(c2CN1C(=O)OC(C)(C)C)C(F)(F)CCCC3. The summed E-state index contributed by atoms with van der Waals surface area (Å²) in [5.41, 5.74) is 0.580. The zero-order valence-corrected chi connectivity index (χ0v) is 17.8. The van der Waals surface area contributed by atoms with E-state index in [1.54, 1.807) is 34.6 Å². The minimum Gasteiger partial charge on any atom is -0.444 e. The molecule has 0 saturated carbocycles. The largest absolute Gasteiger partial charge is 0.444 e. The number of amides is 1. The molecule has 1 amide bonds. The zero-order valence-electron chi connectivity index (χ0n) is 17.8. The molecular formula is C20H33F2N3O3. The predicted molar refractivity (Wildman–Crippen MR) is 102 cm³/mol. The van der Waals surface area contributed by atoms with Crippen molar-refractivity contribution in [2.45, 2.75) is 104 Å². The standard InChI is InChI=1S/C17H25F2N3O2.C3H8O/c1-11-9-13-12(10-21(11)15(23)24-16(2,3)4)14-17(18,19)7-5-6-8-22(14)20-13;1-3(2)4/h11H,5-10H2,1-4H3;3-4H,1-2H3/t11-;/m1./s1. The maximum absolute atomic E-state index is 14.6. The first-order valence-corrected chi connectivity index (χ1v) is 9.96. The third kappa shape index (κ3) is 5.43. The molecule has 1 aromatic heterocycles. The van der Waals surface area contributed by atoms with Crippen molar-refractivity contribution < 1.29 is 23.4 Å². The number of carbonyl (C=O) groups is 1. The molecule has 0 aliphatic carbocycles. The number of aliphatic hydroxyl groups is 1. The van der Waals surface area contributed by atoms with Crippen molar-refractivity contribution in [3.63, 3.8) is 0 Å². The van der Waals surface area contributed by atoms with Crippen molar-refractivity contribution in [3.8, 4) is 0 Å². The molecule has 8 heteroatoms. The van der Waals surface area contributed by atoms with E-state index in [1.165, 1.54) is 9.58 Å². The monoisotopic (exact) mass is 401 g/mol. The van der Waals surface area contributed by atoms with Gasteiger partial charge < -0.3 is 14.7 Å². The third-order valence-corrected chi connectivity index (χ3v) is 4.57. The number of hydrogen-bond donors (Lipinski definition) is 1. The average molecular weight is 401 g/mol. The van der Waals surface area contributed by atoms with Crippen LogP contribution < -0.4 is 0 Å². The van der Waals surface area contributed by atoms with Gasteiger partial charge in [0, 0.05) is 37.1 Å². The molecular weight excluding hydrogens is 368 g/mol. The molecule has 1 N–H and O–H groups in total. The molecule has 0 spiro atoms. The molecule has 0 bridgehead atoms. The van der Waals surface area contributed by atoms with E-state index in [1.807, 2.05) is 6.92 Å². The van der Waals surface area contributed by atoms with Gasteiger partial charge >= 0.3 is 6.09 Å². The molecule has 3 heterocycles. The smallest absolute Gasteiger partial charge is 0.410 e. The Hall–Kier alpha value is -1.70. The average Bonchev–Trinajstić information content (AvgIpc) is 2.78. The van der Waals surface area contributed by atoms with Gasteiger partial charge in [0.25, 0.3) is 5.92 Å². The quantitative estimate of drug-likeness (QED) is 0.707. The van der Waals surface area contributed by atoms with E-state index in [2.05, 4.69) is 5.10 Å². The van der Waals surface area contributed by atoms with E-state index in [9.17, 15) is 13.6 Å². The van der Waals surface area contributed by atoms with E-state index in [0.29, 0.717) is 37.1 Å². The van der Waals surface area contributed by atoms with Gasteiger partial charge in [0.15, 0.2) is 0 Å². The van der Waals surface area contributed by atoms with Gasteiger partial charge in [0.1, 0.15) is 11.3 Å². The predicted octanol–water partition coefficient (Wildman–Crippen LogP) is 4.23. The molecule has 0 saturated heterocycles. The van der Waals surface area contributed by atoms with Crippen LogP contribution in [0.25, 0.3) is 0 Å². The number of hydrogen-bond acceptors (Lipinski definition) is 4. The van der Waals surface area contributed by atoms with Crippen LogP contribution in [-0.4, -0.2) is 43.6 Å². The van der Waals surface area contributed by atoms with Crippen molar-refractivity contribution in [1.82, 2.24) is 14.7 Å². The highest BCUT2D eigenvalue weighted by Gasteiger charge is 2.43. The minimum absolute atomic E-state index is 0.00420. The summed E-state index contributed by atoms with van der Waals surface area (Å²) in [6.07, 6.45) is 0.876. The lowest BCUT2D eigenvalue weighted by Gasteiger charge is -2.35. The van der Waals surface area contributed by atoms with Crippen LogP contribution in [0.3, 0.4) is 0 Å². The van der Waals surface area contributed by atoms with E-state index in [-0.39, 0.29) is 30.8 Å². The summed E-state index contributed by atoms with van der Waals surface area (Å²) >= 11 is 0. The number of ether oxygens (including phenoxy) is 1. The molecule has 1 aromatic rings. The number of carbonyl (C=O) groups excluding carboxylic acids is 1. The topological polar surface area (TPSA) is 67.6 Å². The first-order chi connectivity index (χ1) is 12.8. The molecule has 28 heavy (non-hydrogen) atoms. The van der Waals surface area contributed by atoms with Gasteiger partial charge in [-0.15, -0.1) is 0 Å². The fraction of sp³-hybridized carbons (Fsp3) is 0.800. The van der Waals surface area contributed by atoms with Gasteiger partial charge in [-0.25, -0.2) is 4.79 Å². The van der Waals surface area contributed by atoms with Gasteiger partial charge in [0.2, 0.25) is 0 Å². The van der Waals surface area contributed by atoms with E-state index >= 15 is 0 Å². The lowest BCUT2D eigenvalue weighted by atomic mass is 9.97. The maximum atomic E-state index is 14.6. The summed E-state index contributed by atoms with van der Waals surface area (Å²) in [5, 5.41) is 12.5. The van der Waals surface area contributed by atoms with Crippen molar-refractivity contribution in [2.75, 3.05) is 0 Å². The number of fused-ring (bicyclic) bond motifs is 3. The minimum atomic E-state index is -2.89. The van der Waals surface area contributed by atoms with E-state index in [4.69, 9.17) is 9.84 Å². The zero-order chi connectivity index (χ0) is 21.3. The fourth-order valence-electron chi connectivity index (χ4n) is 3.46. The summed E-state index contributed by atoms with van der Waals surface area (Å²) in [6.45, 7) is 11.4. The number of rotatable bonds is 0. The second kappa shape index (κ2) is 8.35. The van der Waals surface area contributed by atoms with E-state index in [0.717, 1.165) is 0 Å². The Kier molecular flexibility index (Phi) is 6.74. The van der Waals surface area contributed by atoms with Gasteiger partial charge in [-0.2, -0.15) is 13.9 Å². The lowest BCUT2D eigenvalue weighted by molar-refractivity contribution is -0.0217. The van der Waals surface area contributed by atoms with Crippen LogP contribution in [-0.2, 0) is 30.2 Å². The summed E-state index contributed by atoms with van der Waals surface area (Å²) < 4.78 is 36.1. The molecule has 3 rings (SSSR count). The molecule has 0 aromatic carbocycles. The Morgan fingerprint density at radius 3 is 2.50 bits per heavy atom. The van der Waals surface area contributed by atoms with Crippen molar-refractivity contribution >= 4 is 6.09 Å². The summed E-state index contributed by atoms with van der Waals surface area (Å²) in [7, 11) is 0. The Labute approximate surface area is 165 Å². The van der Waals surface area contributed by atoms with Crippen LogP contribution in [0.2, 0.25) is 0 Å². The number of alkyl halides is 2. The van der Waals surface area contributed by atoms with E-state index < -0.39 is 17.6 Å². The van der Waals surface area contributed by atoms with Crippen molar-refractivity contribution in [3.05, 3.63) is 17.0 Å². The summed E-state index contributed by atoms with van der Waals surface area (Å²) in [6, 6.07) is -0.125. The number of aliphatic hydroxyl groups excluding tert-OH is 1. The molecule has 0 fully saturated rings. The van der Waals surface area contributed by atoms with Crippen LogP contribution in [0.4, 0.5) is 13.6 Å². The van der Waals surface area contributed by atoms with Crippen molar-refractivity contribution in [2.24, 2.45) is 0 Å². The van der Waals surface area contributed by atoms with Crippen LogP contribution in [0.15, 0.2) is 0 Å². The highest BCUT2D eigenvalue weighted by molar-refractivity contribution is 5.69. The van der Waals surface area contributed by atoms with Gasteiger partial charge in [-0.05, 0) is 54.4 Å². The highest BCUT2D eigenvalue weighted by atomic mass is 19.3. The second-order valence-electron chi connectivity index (χ2n) is 8.91. The summed E-state index contributed by atoms with van der Waals surface area (Å²) in [5.74, 6) is -2.89. The molecule has 1 atom stereocenters. The highest BCUT2D eigenvalue weighted by Crippen LogP contribution is 2.41. The molecule has 6 nitrogen and oxygen atoms in total. The first kappa shape index (κ1) is 22.6. The maximum Gasteiger partial charge on any atom is 0.410 e. The molecule has 2 aliphatic rings. The van der Waals surface area contributed by atoms with Crippen LogP contribution in [0.5, 0.6) is 0 Å². The summed E-state index contributed by atoms with van der Waals surface area (Å²) in [4.78, 5) is 14.0. The second-order valence-corrected chi connectivity index (χ2v) is 8.91. The van der Waals surface area contributed by atoms with Crippen LogP contribution in [0, 0.1) is 0 Å². The molecule has 0 unspecified atom stereocenters. The van der Waals surface area contributed by atoms with Gasteiger partial charge in [-0.3, -0.25) is 4.68 Å². The third-order valence-electron chi connectivity index (χ3n) is 4.57. The number of halogens is 2. The Bertz CT molecular complexity index is 693. The fourth-order valence-corrected chi connectivity index (χ4v) is 3.46. The number of aromatic nitrogens is 2. The molecule has 2 aliphatic heterocycles. The molecule has 0 radical (unpaired) electrons. The van der Waals surface area contributed by atoms with Crippen LogP contribution in [0.1, 0.15) is 77.8 Å². The first-order valence-electron chi connectivity index (χ1n) is 9.96. The lowest BCUT2D eigenvalue weighted by Crippen LogP contribution is -2.45. The number of aryl methyl sites for hydroxylation is 1.